The molecule has 72 valence electrons. The van der Waals surface area contributed by atoms with Crippen molar-refractivity contribution in [2.24, 2.45) is 0 Å². The van der Waals surface area contributed by atoms with Gasteiger partial charge < -0.3 is 0 Å². The van der Waals surface area contributed by atoms with E-state index in [0.717, 1.165) is 0 Å². The number of nitrogens with one attached hydrogen (secondary N) is 1. The third kappa shape index (κ3) is 0.896. The smallest absolute Gasteiger partial charge is 0.0705 e. The summed E-state index contributed by atoms with van der Waals surface area (Å²) >= 11 is 0. The number of hydrogen-bond donors (Lipinski definition) is 1. The van der Waals surface area contributed by atoms with Crippen molar-refractivity contribution < 1.29 is 0 Å². The van der Waals surface area contributed by atoms with Crippen molar-refractivity contribution in [3.63, 3.8) is 0 Å². The summed E-state index contributed by atoms with van der Waals surface area (Å²) in [6.45, 7) is 0. The number of aromatic nitrogens is 1. The second kappa shape index (κ2) is 2.47. The van der Waals surface area contributed by atoms with Crippen molar-refractivity contribution in [3.05, 3.63) is 53.9 Å². The van der Waals surface area contributed by atoms with Gasteiger partial charge >= 0.3 is 0 Å². The Hall–Kier alpha value is -1.67. The van der Waals surface area contributed by atoms with Crippen LogP contribution in [0.3, 0.4) is 0 Å². The van der Waals surface area contributed by atoms with E-state index >= 15 is 0 Å². The number of pyridine rings is 1. The van der Waals surface area contributed by atoms with Gasteiger partial charge in [0.2, 0.25) is 0 Å². The first-order valence-corrected chi connectivity index (χ1v) is 5.25. The van der Waals surface area contributed by atoms with Gasteiger partial charge in [0.05, 0.1) is 17.8 Å². The van der Waals surface area contributed by atoms with Crippen molar-refractivity contribution in [1.29, 1.82) is 0 Å². The fraction of sp³-hybridized carbons (Fsp3) is 0.154. The van der Waals surface area contributed by atoms with Gasteiger partial charge in [0, 0.05) is 11.8 Å². The average molecular weight is 194 g/mol. The Labute approximate surface area is 88.0 Å². The molecule has 0 bridgehead atoms. The zero-order valence-electron chi connectivity index (χ0n) is 8.14. The third-order valence-corrected chi connectivity index (χ3v) is 3.30. The van der Waals surface area contributed by atoms with Crippen LogP contribution in [0.5, 0.6) is 0 Å². The molecule has 2 nitrogen and oxygen atoms in total. The lowest BCUT2D eigenvalue weighted by molar-refractivity contribution is 0.946. The molecule has 2 aliphatic rings. The Morgan fingerprint density at radius 1 is 0.933 bits per heavy atom. The molecule has 1 aromatic carbocycles. The lowest BCUT2D eigenvalue weighted by atomic mass is 9.89. The summed E-state index contributed by atoms with van der Waals surface area (Å²) in [4.78, 5) is 4.48. The zero-order chi connectivity index (χ0) is 9.83. The van der Waals surface area contributed by atoms with E-state index < -0.39 is 0 Å². The van der Waals surface area contributed by atoms with Crippen LogP contribution in [-0.4, -0.2) is 4.98 Å². The molecule has 1 aliphatic heterocycles. The summed E-state index contributed by atoms with van der Waals surface area (Å²) < 4.78 is 0. The maximum atomic E-state index is 4.48. The molecule has 1 fully saturated rings. The predicted octanol–water partition coefficient (Wildman–Crippen LogP) is 2.45. The van der Waals surface area contributed by atoms with E-state index in [9.17, 15) is 0 Å². The summed E-state index contributed by atoms with van der Waals surface area (Å²) in [6.07, 6.45) is 1.88. The molecule has 2 heteroatoms. The van der Waals surface area contributed by atoms with E-state index in [1.54, 1.807) is 0 Å². The number of fused-ring (bicyclic) bond motifs is 6. The van der Waals surface area contributed by atoms with Crippen molar-refractivity contribution >= 4 is 0 Å². The molecule has 2 aromatic rings. The molecule has 1 aromatic heterocycles. The van der Waals surface area contributed by atoms with Crippen LogP contribution in [0.4, 0.5) is 0 Å². The average Bonchev–Trinajstić information content (AvgIpc) is 3.10. The summed E-state index contributed by atoms with van der Waals surface area (Å²) in [6, 6.07) is 13.7. The summed E-state index contributed by atoms with van der Waals surface area (Å²) in [5.41, 5.74) is 5.26. The standard InChI is InChI=1S/C13H10N2/c1-2-5-10-8(4-1)9-6-3-7-14-11(9)13-12(10)15-13/h1-7,12-13,15H. The molecule has 1 N–H and O–H groups in total. The molecule has 1 saturated heterocycles. The topological polar surface area (TPSA) is 34.8 Å². The van der Waals surface area contributed by atoms with Crippen molar-refractivity contribution in [1.82, 2.24) is 10.3 Å². The van der Waals surface area contributed by atoms with Gasteiger partial charge in [-0.3, -0.25) is 10.3 Å². The van der Waals surface area contributed by atoms with E-state index in [0.29, 0.717) is 12.1 Å². The Morgan fingerprint density at radius 2 is 1.80 bits per heavy atom. The number of nitrogens with zero attached hydrogens (tertiary/aromatic N) is 1. The first-order chi connectivity index (χ1) is 7.45. The van der Waals surface area contributed by atoms with Crippen molar-refractivity contribution in [3.8, 4) is 11.1 Å². The molecule has 4 rings (SSSR count). The van der Waals surface area contributed by atoms with Gasteiger partial charge in [0.15, 0.2) is 0 Å². The van der Waals surface area contributed by atoms with Crippen LogP contribution in [0.15, 0.2) is 42.6 Å². The number of benzene rings is 1. The molecular formula is C13H10N2. The fourth-order valence-corrected chi connectivity index (χ4v) is 2.55. The normalized spacial score (nSPS) is 25.1. The van der Waals surface area contributed by atoms with Gasteiger partial charge in [0.1, 0.15) is 0 Å². The quantitative estimate of drug-likeness (QED) is 0.654. The molecule has 2 atom stereocenters. The Bertz CT molecular complexity index is 498. The first kappa shape index (κ1) is 7.60. The highest BCUT2D eigenvalue weighted by Crippen LogP contribution is 2.51. The molecule has 15 heavy (non-hydrogen) atoms. The zero-order valence-corrected chi connectivity index (χ0v) is 8.14. The molecule has 1 aliphatic carbocycles. The molecule has 0 saturated carbocycles. The lowest BCUT2D eigenvalue weighted by Crippen LogP contribution is -2.00. The third-order valence-electron chi connectivity index (χ3n) is 3.30. The molecule has 2 heterocycles. The van der Waals surface area contributed by atoms with E-state index in [1.807, 2.05) is 12.3 Å². The second-order valence-corrected chi connectivity index (χ2v) is 4.15. The van der Waals surface area contributed by atoms with Crippen LogP contribution in [0.25, 0.3) is 11.1 Å². The summed E-state index contributed by atoms with van der Waals surface area (Å²) in [7, 11) is 0. The highest BCUT2D eigenvalue weighted by atomic mass is 15.2. The molecule has 0 spiro atoms. The van der Waals surface area contributed by atoms with Crippen LogP contribution >= 0.6 is 0 Å². The van der Waals surface area contributed by atoms with Crippen LogP contribution in [0, 0.1) is 0 Å². The van der Waals surface area contributed by atoms with Crippen LogP contribution < -0.4 is 5.32 Å². The highest BCUT2D eigenvalue weighted by Gasteiger charge is 2.45. The highest BCUT2D eigenvalue weighted by molar-refractivity contribution is 5.75. The minimum atomic E-state index is 0.455. The van der Waals surface area contributed by atoms with Crippen molar-refractivity contribution in [2.45, 2.75) is 12.1 Å². The molecule has 0 amide bonds. The maximum Gasteiger partial charge on any atom is 0.0705 e. The predicted molar refractivity (Wildman–Crippen MR) is 58.3 cm³/mol. The first-order valence-electron chi connectivity index (χ1n) is 5.25. The monoisotopic (exact) mass is 194 g/mol. The second-order valence-electron chi connectivity index (χ2n) is 4.15. The Morgan fingerprint density at radius 3 is 2.80 bits per heavy atom. The fourth-order valence-electron chi connectivity index (χ4n) is 2.55. The van der Waals surface area contributed by atoms with Crippen molar-refractivity contribution in [2.75, 3.05) is 0 Å². The van der Waals surface area contributed by atoms with Gasteiger partial charge in [0.25, 0.3) is 0 Å². The SMILES string of the molecule is c1ccc2c(c1)-c1cccnc1C1NC21. The number of hydrogen-bond acceptors (Lipinski definition) is 2. The van der Waals surface area contributed by atoms with Gasteiger partial charge in [-0.05, 0) is 17.2 Å². The minimum absolute atomic E-state index is 0.455. The maximum absolute atomic E-state index is 4.48. The lowest BCUT2D eigenvalue weighted by Gasteiger charge is -2.15. The Balaban J connectivity index is 2.09. The Kier molecular flexibility index (Phi) is 1.25. The molecule has 0 radical (unpaired) electrons. The minimum Gasteiger partial charge on any atom is -0.298 e. The van der Waals surface area contributed by atoms with Gasteiger partial charge in [-0.1, -0.05) is 30.3 Å². The van der Waals surface area contributed by atoms with Crippen LogP contribution in [0.1, 0.15) is 23.3 Å². The molecular weight excluding hydrogens is 184 g/mol. The number of rotatable bonds is 0. The summed E-state index contributed by atoms with van der Waals surface area (Å²) in [5.74, 6) is 0. The van der Waals surface area contributed by atoms with Gasteiger partial charge in [-0.25, -0.2) is 0 Å². The van der Waals surface area contributed by atoms with E-state index in [2.05, 4.69) is 40.6 Å². The van der Waals surface area contributed by atoms with E-state index in [-0.39, 0.29) is 0 Å². The van der Waals surface area contributed by atoms with Crippen LogP contribution in [-0.2, 0) is 0 Å². The van der Waals surface area contributed by atoms with E-state index in [1.165, 1.54) is 22.4 Å². The molecule has 2 unspecified atom stereocenters. The van der Waals surface area contributed by atoms with Crippen LogP contribution in [0.2, 0.25) is 0 Å². The summed E-state index contributed by atoms with van der Waals surface area (Å²) in [5, 5.41) is 3.48. The van der Waals surface area contributed by atoms with Gasteiger partial charge in [-0.2, -0.15) is 0 Å². The van der Waals surface area contributed by atoms with Gasteiger partial charge in [-0.15, -0.1) is 0 Å². The largest absolute Gasteiger partial charge is 0.298 e. The van der Waals surface area contributed by atoms with E-state index in [4.69, 9.17) is 0 Å².